The summed E-state index contributed by atoms with van der Waals surface area (Å²) in [5, 5.41) is 41.6. The molecular weight excluding hydrogens is 473 g/mol. The SMILES string of the molecule is C#CC(C)CC(C)(C)CCC(=O)Nc1ccc(OC2OC(C(=O)O)C(O)C(O)C2O)c(CF)c1.CC. The van der Waals surface area contributed by atoms with Crippen molar-refractivity contribution in [2.24, 2.45) is 11.3 Å². The lowest BCUT2D eigenvalue weighted by atomic mass is 9.80. The number of aliphatic carboxylic acids is 1. The second-order valence-electron chi connectivity index (χ2n) is 9.29. The fraction of sp³-hybridized carbons (Fsp3) is 0.615. The van der Waals surface area contributed by atoms with Crippen LogP contribution in [0.3, 0.4) is 0 Å². The molecule has 0 bridgehead atoms. The molecule has 202 valence electrons. The van der Waals surface area contributed by atoms with E-state index in [1.807, 2.05) is 34.6 Å². The first-order valence-corrected chi connectivity index (χ1v) is 11.9. The number of halogens is 1. The van der Waals surface area contributed by atoms with E-state index in [1.165, 1.54) is 18.2 Å². The number of rotatable bonds is 10. The van der Waals surface area contributed by atoms with Gasteiger partial charge in [-0.3, -0.25) is 4.79 Å². The molecule has 1 amide bonds. The van der Waals surface area contributed by atoms with Crippen LogP contribution in [-0.4, -0.2) is 63.0 Å². The maximum Gasteiger partial charge on any atom is 0.335 e. The van der Waals surface area contributed by atoms with Crippen molar-refractivity contribution < 1.29 is 43.9 Å². The number of aliphatic hydroxyl groups excluding tert-OH is 3. The fourth-order valence-corrected chi connectivity index (χ4v) is 3.82. The van der Waals surface area contributed by atoms with Gasteiger partial charge in [0.05, 0.1) is 0 Å². The number of anilines is 1. The van der Waals surface area contributed by atoms with Crippen LogP contribution in [0.1, 0.15) is 59.4 Å². The zero-order valence-corrected chi connectivity index (χ0v) is 21.4. The Labute approximate surface area is 211 Å². The Bertz CT molecular complexity index is 916. The number of hydrogen-bond acceptors (Lipinski definition) is 7. The molecule has 0 spiro atoms. The van der Waals surface area contributed by atoms with Crippen molar-refractivity contribution in [2.75, 3.05) is 5.32 Å². The van der Waals surface area contributed by atoms with Gasteiger partial charge in [-0.1, -0.05) is 34.6 Å². The quantitative estimate of drug-likeness (QED) is 0.302. The second-order valence-corrected chi connectivity index (χ2v) is 9.29. The molecule has 0 aromatic heterocycles. The topological polar surface area (TPSA) is 146 Å². The van der Waals surface area contributed by atoms with Gasteiger partial charge in [-0.25, -0.2) is 9.18 Å². The van der Waals surface area contributed by atoms with Gasteiger partial charge in [0.15, 0.2) is 6.10 Å². The van der Waals surface area contributed by atoms with Gasteiger partial charge >= 0.3 is 5.97 Å². The highest BCUT2D eigenvalue weighted by Crippen LogP contribution is 2.32. The van der Waals surface area contributed by atoms with E-state index >= 15 is 0 Å². The molecule has 36 heavy (non-hydrogen) atoms. The van der Waals surface area contributed by atoms with E-state index in [4.69, 9.17) is 21.0 Å². The smallest absolute Gasteiger partial charge is 0.335 e. The molecule has 10 heteroatoms. The molecule has 1 heterocycles. The van der Waals surface area contributed by atoms with E-state index in [2.05, 4.69) is 11.2 Å². The monoisotopic (exact) mass is 511 g/mol. The Kier molecular flexibility index (Phi) is 12.3. The third-order valence-corrected chi connectivity index (χ3v) is 5.72. The van der Waals surface area contributed by atoms with Gasteiger partial charge in [-0.2, -0.15) is 0 Å². The summed E-state index contributed by atoms with van der Waals surface area (Å²) in [5.74, 6) is 0.879. The van der Waals surface area contributed by atoms with Crippen LogP contribution in [0.25, 0.3) is 0 Å². The predicted octanol–water partition coefficient (Wildman–Crippen LogP) is 2.86. The Balaban J connectivity index is 0.00000316. The number of carbonyl (C=O) groups is 2. The lowest BCUT2D eigenvalue weighted by Gasteiger charge is -2.38. The van der Waals surface area contributed by atoms with Gasteiger partial charge in [0.2, 0.25) is 12.2 Å². The molecule has 1 saturated heterocycles. The maximum absolute atomic E-state index is 13.7. The van der Waals surface area contributed by atoms with Gasteiger partial charge in [0, 0.05) is 23.6 Å². The van der Waals surface area contributed by atoms with E-state index in [9.17, 15) is 29.3 Å². The summed E-state index contributed by atoms with van der Waals surface area (Å²) >= 11 is 0. The summed E-state index contributed by atoms with van der Waals surface area (Å²) in [7, 11) is 0. The number of carbonyl (C=O) groups excluding carboxylic acids is 1. The largest absolute Gasteiger partial charge is 0.479 e. The van der Waals surface area contributed by atoms with Crippen LogP contribution >= 0.6 is 0 Å². The van der Waals surface area contributed by atoms with Crippen LogP contribution in [0.4, 0.5) is 10.1 Å². The number of ether oxygens (including phenoxy) is 2. The molecule has 0 saturated carbocycles. The van der Waals surface area contributed by atoms with Crippen LogP contribution in [0.2, 0.25) is 0 Å². The van der Waals surface area contributed by atoms with Crippen molar-refractivity contribution in [2.45, 2.75) is 91.3 Å². The van der Waals surface area contributed by atoms with Crippen molar-refractivity contribution >= 4 is 17.6 Å². The van der Waals surface area contributed by atoms with E-state index in [-0.39, 0.29) is 35.0 Å². The molecule has 6 atom stereocenters. The molecule has 6 unspecified atom stereocenters. The number of carboxylic acids is 1. The highest BCUT2D eigenvalue weighted by molar-refractivity contribution is 5.90. The highest BCUT2D eigenvalue weighted by Gasteiger charge is 2.48. The first-order valence-electron chi connectivity index (χ1n) is 11.9. The number of nitrogens with one attached hydrogen (secondary N) is 1. The maximum atomic E-state index is 13.7. The number of terminal acetylenes is 1. The molecule has 5 N–H and O–H groups in total. The minimum absolute atomic E-state index is 0.00395. The first kappa shape index (κ1) is 31.3. The number of amides is 1. The Morgan fingerprint density at radius 1 is 1.22 bits per heavy atom. The number of alkyl halides is 1. The molecule has 9 nitrogen and oxygen atoms in total. The van der Waals surface area contributed by atoms with E-state index in [0.29, 0.717) is 12.1 Å². The Morgan fingerprint density at radius 3 is 2.42 bits per heavy atom. The van der Waals surface area contributed by atoms with Gasteiger partial charge in [-0.15, -0.1) is 12.3 Å². The lowest BCUT2D eigenvalue weighted by Crippen LogP contribution is -2.61. The van der Waals surface area contributed by atoms with E-state index < -0.39 is 43.3 Å². The fourth-order valence-electron chi connectivity index (χ4n) is 3.82. The normalized spacial score (nSPS) is 24.5. The van der Waals surface area contributed by atoms with Gasteiger partial charge < -0.3 is 35.2 Å². The van der Waals surface area contributed by atoms with Crippen molar-refractivity contribution in [3.63, 3.8) is 0 Å². The molecule has 1 aliphatic rings. The second kappa shape index (κ2) is 14.1. The van der Waals surface area contributed by atoms with E-state index in [0.717, 1.165) is 6.42 Å². The summed E-state index contributed by atoms with van der Waals surface area (Å²) in [6.45, 7) is 9.03. The van der Waals surface area contributed by atoms with Crippen molar-refractivity contribution in [1.82, 2.24) is 0 Å². The minimum Gasteiger partial charge on any atom is -0.479 e. The standard InChI is InChI=1S/C24H32FNO8.C2H6/c1-5-13(2)11-24(3,4)9-8-17(27)26-15-6-7-16(14(10-15)12-25)33-23-20(30)18(28)19(29)21(34-23)22(31)32;1-2/h1,6-7,10,13,18-21,23,28-30H,8-9,11-12H2,2-4H3,(H,26,27)(H,31,32);1-2H3. The lowest BCUT2D eigenvalue weighted by molar-refractivity contribution is -0.271. The highest BCUT2D eigenvalue weighted by atomic mass is 19.1. The molecule has 0 radical (unpaired) electrons. The third-order valence-electron chi connectivity index (χ3n) is 5.72. The summed E-state index contributed by atoms with van der Waals surface area (Å²) in [4.78, 5) is 23.6. The zero-order chi connectivity index (χ0) is 27.6. The number of benzene rings is 1. The predicted molar refractivity (Wildman–Crippen MR) is 132 cm³/mol. The Hall–Kier alpha value is -2.71. The van der Waals surface area contributed by atoms with Crippen molar-refractivity contribution in [3.05, 3.63) is 23.8 Å². The van der Waals surface area contributed by atoms with Crippen molar-refractivity contribution in [3.8, 4) is 18.1 Å². The van der Waals surface area contributed by atoms with Gasteiger partial charge in [0.25, 0.3) is 0 Å². The summed E-state index contributed by atoms with van der Waals surface area (Å²) < 4.78 is 24.1. The molecule has 2 rings (SSSR count). The molecule has 1 aromatic carbocycles. The Morgan fingerprint density at radius 2 is 1.86 bits per heavy atom. The zero-order valence-electron chi connectivity index (χ0n) is 21.4. The van der Waals surface area contributed by atoms with Crippen LogP contribution in [0.5, 0.6) is 5.75 Å². The average Bonchev–Trinajstić information content (AvgIpc) is 2.84. The third kappa shape index (κ3) is 8.75. The minimum atomic E-state index is -1.87. The van der Waals surface area contributed by atoms with Crippen LogP contribution < -0.4 is 10.1 Å². The number of carboxylic acid groups (broad SMARTS) is 1. The van der Waals surface area contributed by atoms with Crippen LogP contribution in [0, 0.1) is 23.7 Å². The summed E-state index contributed by atoms with van der Waals surface area (Å²) in [6.07, 6.45) is -1.95. The van der Waals surface area contributed by atoms with Gasteiger partial charge in [-0.05, 0) is 36.5 Å². The van der Waals surface area contributed by atoms with Crippen LogP contribution in [0.15, 0.2) is 18.2 Å². The molecule has 1 fully saturated rings. The number of hydrogen-bond donors (Lipinski definition) is 5. The van der Waals surface area contributed by atoms with E-state index in [1.54, 1.807) is 0 Å². The van der Waals surface area contributed by atoms with Crippen LogP contribution in [-0.2, 0) is 21.0 Å². The molecule has 1 aromatic rings. The summed E-state index contributed by atoms with van der Waals surface area (Å²) in [6, 6.07) is 4.12. The number of aliphatic hydroxyl groups is 3. The summed E-state index contributed by atoms with van der Waals surface area (Å²) in [5.41, 5.74) is 0.200. The first-order chi connectivity index (χ1) is 16.9. The molecule has 0 aliphatic carbocycles. The molecule has 1 aliphatic heterocycles. The van der Waals surface area contributed by atoms with Crippen molar-refractivity contribution in [1.29, 1.82) is 0 Å². The van der Waals surface area contributed by atoms with Gasteiger partial charge in [0.1, 0.15) is 30.7 Å². The molecular formula is C26H38FNO8. The average molecular weight is 512 g/mol.